The van der Waals surface area contributed by atoms with E-state index in [-0.39, 0.29) is 30.0 Å². The van der Waals surface area contributed by atoms with E-state index >= 15 is 0 Å². The lowest BCUT2D eigenvalue weighted by Crippen LogP contribution is -2.38. The summed E-state index contributed by atoms with van der Waals surface area (Å²) in [4.78, 5) is 36.4. The van der Waals surface area contributed by atoms with Crippen molar-refractivity contribution in [2.75, 3.05) is 0 Å². The number of carbonyl (C=O) groups is 2. The van der Waals surface area contributed by atoms with Gasteiger partial charge in [0.25, 0.3) is 11.5 Å². The molecule has 0 spiro atoms. The molecular weight excluding hydrogens is 330 g/mol. The van der Waals surface area contributed by atoms with Crippen molar-refractivity contribution in [2.45, 2.75) is 38.9 Å². The fourth-order valence-corrected chi connectivity index (χ4v) is 2.84. The Bertz CT molecular complexity index is 841. The summed E-state index contributed by atoms with van der Waals surface area (Å²) in [5.74, 6) is 0.0495. The predicted octanol–water partition coefficient (Wildman–Crippen LogP) is 1.69. The minimum absolute atomic E-state index is 0.0876. The van der Waals surface area contributed by atoms with Gasteiger partial charge < -0.3 is 15.2 Å². The molecule has 0 bridgehead atoms. The summed E-state index contributed by atoms with van der Waals surface area (Å²) in [6.45, 7) is 2.29. The Hall–Kier alpha value is -2.89. The van der Waals surface area contributed by atoms with Gasteiger partial charge in [0.2, 0.25) is 5.91 Å². The Morgan fingerprint density at radius 3 is 2.58 bits per heavy atom. The largest absolute Gasteiger partial charge is 0.352 e. The molecule has 1 aliphatic rings. The van der Waals surface area contributed by atoms with Crippen LogP contribution in [0.25, 0.3) is 0 Å². The van der Waals surface area contributed by atoms with E-state index in [1.165, 1.54) is 22.9 Å². The number of amides is 2. The van der Waals surface area contributed by atoms with E-state index in [0.717, 1.165) is 18.4 Å². The number of pyridine rings is 1. The van der Waals surface area contributed by atoms with E-state index in [2.05, 4.69) is 10.6 Å². The summed E-state index contributed by atoms with van der Waals surface area (Å²) in [7, 11) is 0. The van der Waals surface area contributed by atoms with E-state index in [4.69, 9.17) is 0 Å². The molecule has 2 amide bonds. The predicted molar refractivity (Wildman–Crippen MR) is 98.6 cm³/mol. The lowest BCUT2D eigenvalue weighted by Gasteiger charge is -2.14. The van der Waals surface area contributed by atoms with E-state index in [0.29, 0.717) is 18.0 Å². The third kappa shape index (κ3) is 4.81. The van der Waals surface area contributed by atoms with E-state index in [9.17, 15) is 14.4 Å². The average molecular weight is 353 g/mol. The highest BCUT2D eigenvalue weighted by Crippen LogP contribution is 2.32. The van der Waals surface area contributed by atoms with Crippen LogP contribution in [0.3, 0.4) is 0 Å². The lowest BCUT2D eigenvalue weighted by molar-refractivity contribution is -0.122. The van der Waals surface area contributed by atoms with Crippen LogP contribution in [0.2, 0.25) is 0 Å². The molecule has 1 saturated carbocycles. The molecular formula is C20H23N3O3. The van der Waals surface area contributed by atoms with Crippen LogP contribution in [0.4, 0.5) is 0 Å². The van der Waals surface area contributed by atoms with Gasteiger partial charge in [-0.1, -0.05) is 30.3 Å². The number of benzene rings is 1. The molecule has 0 saturated heterocycles. The molecule has 6 heteroatoms. The molecule has 1 aliphatic carbocycles. The summed E-state index contributed by atoms with van der Waals surface area (Å²) in [6.07, 6.45) is 3.71. The number of nitrogens with zero attached hydrogens (tertiary/aromatic N) is 1. The van der Waals surface area contributed by atoms with Gasteiger partial charge >= 0.3 is 0 Å². The van der Waals surface area contributed by atoms with Gasteiger partial charge in [-0.05, 0) is 37.3 Å². The Morgan fingerprint density at radius 1 is 1.15 bits per heavy atom. The van der Waals surface area contributed by atoms with Crippen LogP contribution in [-0.2, 0) is 17.9 Å². The number of nitrogens with one attached hydrogen (secondary N) is 2. The second kappa shape index (κ2) is 7.99. The standard InChI is InChI=1S/C20H23N3O3/c1-14(16-7-8-16)22-18(24)13-23-12-17(9-10-19(23)25)20(26)21-11-15-5-3-2-4-6-15/h2-6,9-10,12,14,16H,7-8,11,13H2,1H3,(H,21,26)(H,22,24)/t14-/m1/s1. The zero-order chi connectivity index (χ0) is 18.5. The van der Waals surface area contributed by atoms with Gasteiger partial charge in [0.05, 0.1) is 5.56 Å². The number of rotatable bonds is 7. The van der Waals surface area contributed by atoms with Crippen molar-refractivity contribution in [1.29, 1.82) is 0 Å². The quantitative estimate of drug-likeness (QED) is 0.795. The summed E-state index contributed by atoms with van der Waals surface area (Å²) >= 11 is 0. The molecule has 2 aromatic rings. The summed E-state index contributed by atoms with van der Waals surface area (Å²) in [5, 5.41) is 5.73. The second-order valence-corrected chi connectivity index (χ2v) is 6.75. The Balaban J connectivity index is 1.61. The first kappa shape index (κ1) is 17.9. The molecule has 3 rings (SSSR count). The Labute approximate surface area is 152 Å². The van der Waals surface area contributed by atoms with Gasteiger partial charge in [-0.3, -0.25) is 14.4 Å². The van der Waals surface area contributed by atoms with Gasteiger partial charge in [-0.25, -0.2) is 0 Å². The molecule has 1 fully saturated rings. The van der Waals surface area contributed by atoms with Crippen LogP contribution >= 0.6 is 0 Å². The van der Waals surface area contributed by atoms with Crippen LogP contribution in [0.15, 0.2) is 53.5 Å². The average Bonchev–Trinajstić information content (AvgIpc) is 3.47. The smallest absolute Gasteiger partial charge is 0.253 e. The summed E-state index contributed by atoms with van der Waals surface area (Å²) < 4.78 is 1.27. The molecule has 0 unspecified atom stereocenters. The molecule has 1 aromatic heterocycles. The summed E-state index contributed by atoms with van der Waals surface area (Å²) in [6, 6.07) is 12.5. The van der Waals surface area contributed by atoms with Crippen molar-refractivity contribution in [3.63, 3.8) is 0 Å². The van der Waals surface area contributed by atoms with Crippen LogP contribution in [0.5, 0.6) is 0 Å². The van der Waals surface area contributed by atoms with Gasteiger partial charge in [0.15, 0.2) is 0 Å². The zero-order valence-electron chi connectivity index (χ0n) is 14.8. The van der Waals surface area contributed by atoms with Crippen molar-refractivity contribution in [3.05, 3.63) is 70.1 Å². The van der Waals surface area contributed by atoms with Gasteiger partial charge in [0, 0.05) is 24.8 Å². The number of carbonyl (C=O) groups excluding carboxylic acids is 2. The minimum atomic E-state index is -0.307. The first-order chi connectivity index (χ1) is 12.5. The van der Waals surface area contributed by atoms with Crippen molar-refractivity contribution < 1.29 is 9.59 Å². The Kier molecular flexibility index (Phi) is 5.51. The molecule has 0 aliphatic heterocycles. The Morgan fingerprint density at radius 2 is 1.88 bits per heavy atom. The SMILES string of the molecule is C[C@@H](NC(=O)Cn1cc(C(=O)NCc2ccccc2)ccc1=O)C1CC1. The van der Waals surface area contributed by atoms with Crippen LogP contribution in [0, 0.1) is 5.92 Å². The van der Waals surface area contributed by atoms with Gasteiger partial charge in [-0.2, -0.15) is 0 Å². The molecule has 6 nitrogen and oxygen atoms in total. The maximum atomic E-state index is 12.3. The topological polar surface area (TPSA) is 80.2 Å². The first-order valence-electron chi connectivity index (χ1n) is 8.85. The van der Waals surface area contributed by atoms with Gasteiger partial charge in [-0.15, -0.1) is 0 Å². The third-order valence-electron chi connectivity index (χ3n) is 4.57. The molecule has 136 valence electrons. The number of hydrogen-bond acceptors (Lipinski definition) is 3. The zero-order valence-corrected chi connectivity index (χ0v) is 14.8. The van der Waals surface area contributed by atoms with Crippen LogP contribution in [-0.4, -0.2) is 22.4 Å². The molecule has 26 heavy (non-hydrogen) atoms. The van der Waals surface area contributed by atoms with Crippen LogP contribution < -0.4 is 16.2 Å². The van der Waals surface area contributed by atoms with Crippen molar-refractivity contribution in [1.82, 2.24) is 15.2 Å². The highest BCUT2D eigenvalue weighted by molar-refractivity contribution is 5.93. The highest BCUT2D eigenvalue weighted by Gasteiger charge is 2.28. The maximum absolute atomic E-state index is 12.3. The monoisotopic (exact) mass is 353 g/mol. The lowest BCUT2D eigenvalue weighted by atomic mass is 10.2. The highest BCUT2D eigenvalue weighted by atomic mass is 16.2. The number of hydrogen-bond donors (Lipinski definition) is 2. The third-order valence-corrected chi connectivity index (χ3v) is 4.57. The fraction of sp³-hybridized carbons (Fsp3) is 0.350. The molecule has 1 aromatic carbocycles. The number of aromatic nitrogens is 1. The van der Waals surface area contributed by atoms with Crippen LogP contribution in [0.1, 0.15) is 35.7 Å². The fourth-order valence-electron chi connectivity index (χ4n) is 2.84. The minimum Gasteiger partial charge on any atom is -0.352 e. The van der Waals surface area contributed by atoms with E-state index in [1.807, 2.05) is 37.3 Å². The maximum Gasteiger partial charge on any atom is 0.253 e. The van der Waals surface area contributed by atoms with E-state index < -0.39 is 0 Å². The molecule has 2 N–H and O–H groups in total. The van der Waals surface area contributed by atoms with Crippen molar-refractivity contribution >= 4 is 11.8 Å². The van der Waals surface area contributed by atoms with E-state index in [1.54, 1.807) is 0 Å². The van der Waals surface area contributed by atoms with Crippen molar-refractivity contribution in [3.8, 4) is 0 Å². The normalized spacial score (nSPS) is 14.5. The molecule has 1 atom stereocenters. The molecule has 0 radical (unpaired) electrons. The molecule has 1 heterocycles. The summed E-state index contributed by atoms with van der Waals surface area (Å²) in [5.41, 5.74) is 1.03. The second-order valence-electron chi connectivity index (χ2n) is 6.75. The van der Waals surface area contributed by atoms with Crippen molar-refractivity contribution in [2.24, 2.45) is 5.92 Å². The van der Waals surface area contributed by atoms with Gasteiger partial charge in [0.1, 0.15) is 6.54 Å². The first-order valence-corrected chi connectivity index (χ1v) is 8.85.